The molecule has 2 aromatic rings. The SMILES string of the molecule is ONC1CCC(c2cccc(Cl)c2)CC12C=Nc1ccccc12. The summed E-state index contributed by atoms with van der Waals surface area (Å²) in [5.41, 5.74) is 5.78. The van der Waals surface area contributed by atoms with E-state index in [-0.39, 0.29) is 11.5 Å². The summed E-state index contributed by atoms with van der Waals surface area (Å²) in [6.07, 6.45) is 4.87. The zero-order valence-electron chi connectivity index (χ0n) is 12.7. The molecule has 23 heavy (non-hydrogen) atoms. The fourth-order valence-corrected chi connectivity index (χ4v) is 4.38. The molecule has 1 spiro atoms. The Balaban J connectivity index is 1.74. The monoisotopic (exact) mass is 326 g/mol. The van der Waals surface area contributed by atoms with E-state index in [1.807, 2.05) is 36.5 Å². The van der Waals surface area contributed by atoms with Crippen molar-refractivity contribution in [2.24, 2.45) is 4.99 Å². The number of nitrogens with one attached hydrogen (secondary N) is 1. The number of para-hydroxylation sites is 1. The molecule has 3 atom stereocenters. The average molecular weight is 327 g/mol. The molecule has 1 aliphatic carbocycles. The third-order valence-corrected chi connectivity index (χ3v) is 5.56. The van der Waals surface area contributed by atoms with Gasteiger partial charge in [-0.1, -0.05) is 41.9 Å². The Hall–Kier alpha value is -1.68. The molecule has 3 unspecified atom stereocenters. The molecular formula is C19H19ClN2O. The van der Waals surface area contributed by atoms with Gasteiger partial charge in [-0.05, 0) is 54.5 Å². The van der Waals surface area contributed by atoms with Gasteiger partial charge >= 0.3 is 0 Å². The summed E-state index contributed by atoms with van der Waals surface area (Å²) < 4.78 is 0. The van der Waals surface area contributed by atoms with Crippen LogP contribution in [0.15, 0.2) is 53.5 Å². The molecule has 1 fully saturated rings. The largest absolute Gasteiger partial charge is 0.317 e. The Kier molecular flexibility index (Phi) is 3.72. The summed E-state index contributed by atoms with van der Waals surface area (Å²) in [5.74, 6) is 0.413. The van der Waals surface area contributed by atoms with Gasteiger partial charge in [-0.15, -0.1) is 0 Å². The standard InChI is InChI=1S/C19H19ClN2O/c20-15-5-3-4-13(10-15)14-8-9-18(22-23)19(11-14)12-21-17-7-2-1-6-16(17)19/h1-7,10,12,14,18,22-23H,8-9,11H2. The molecule has 1 saturated carbocycles. The van der Waals surface area contributed by atoms with Crippen molar-refractivity contribution in [3.63, 3.8) is 0 Å². The molecular weight excluding hydrogens is 308 g/mol. The number of nitrogens with zero attached hydrogens (tertiary/aromatic N) is 1. The molecule has 1 heterocycles. The average Bonchev–Trinajstić information content (AvgIpc) is 2.94. The van der Waals surface area contributed by atoms with Gasteiger partial charge in [0.05, 0.1) is 11.1 Å². The number of rotatable bonds is 2. The van der Waals surface area contributed by atoms with Crippen molar-refractivity contribution in [2.45, 2.75) is 36.6 Å². The molecule has 3 nitrogen and oxygen atoms in total. The predicted molar refractivity (Wildman–Crippen MR) is 93.0 cm³/mol. The van der Waals surface area contributed by atoms with E-state index in [4.69, 9.17) is 11.6 Å². The fourth-order valence-electron chi connectivity index (χ4n) is 4.18. The van der Waals surface area contributed by atoms with Gasteiger partial charge in [-0.2, -0.15) is 0 Å². The summed E-state index contributed by atoms with van der Waals surface area (Å²) in [6.45, 7) is 0. The Morgan fingerprint density at radius 2 is 2.00 bits per heavy atom. The second-order valence-electron chi connectivity index (χ2n) is 6.53. The van der Waals surface area contributed by atoms with Gasteiger partial charge in [0.1, 0.15) is 0 Å². The number of fused-ring (bicyclic) bond motifs is 2. The molecule has 4 rings (SSSR count). The van der Waals surface area contributed by atoms with E-state index in [0.29, 0.717) is 5.92 Å². The summed E-state index contributed by atoms with van der Waals surface area (Å²) in [4.78, 5) is 4.62. The lowest BCUT2D eigenvalue weighted by Crippen LogP contribution is -2.51. The molecule has 4 heteroatoms. The van der Waals surface area contributed by atoms with Gasteiger partial charge in [-0.25, -0.2) is 5.48 Å². The van der Waals surface area contributed by atoms with Gasteiger partial charge in [0.25, 0.3) is 0 Å². The third kappa shape index (κ3) is 2.40. The lowest BCUT2D eigenvalue weighted by atomic mass is 9.63. The normalized spacial score (nSPS) is 29.0. The zero-order chi connectivity index (χ0) is 15.9. The van der Waals surface area contributed by atoms with Crippen LogP contribution in [0.25, 0.3) is 0 Å². The van der Waals surface area contributed by atoms with Crippen LogP contribution in [0, 0.1) is 0 Å². The van der Waals surface area contributed by atoms with Gasteiger partial charge < -0.3 is 5.21 Å². The third-order valence-electron chi connectivity index (χ3n) is 5.33. The van der Waals surface area contributed by atoms with Crippen LogP contribution in [0.2, 0.25) is 5.02 Å². The molecule has 0 saturated heterocycles. The van der Waals surface area contributed by atoms with Crippen molar-refractivity contribution in [1.82, 2.24) is 5.48 Å². The first-order valence-corrected chi connectivity index (χ1v) is 8.40. The highest BCUT2D eigenvalue weighted by Gasteiger charge is 2.47. The number of hydrogen-bond acceptors (Lipinski definition) is 3. The molecule has 118 valence electrons. The summed E-state index contributed by atoms with van der Waals surface area (Å²) in [7, 11) is 0. The Morgan fingerprint density at radius 1 is 1.13 bits per heavy atom. The maximum absolute atomic E-state index is 9.71. The van der Waals surface area contributed by atoms with Crippen LogP contribution in [0.3, 0.4) is 0 Å². The van der Waals surface area contributed by atoms with Crippen LogP contribution >= 0.6 is 11.6 Å². The topological polar surface area (TPSA) is 44.6 Å². The fraction of sp³-hybridized carbons (Fsp3) is 0.316. The highest BCUT2D eigenvalue weighted by atomic mass is 35.5. The summed E-state index contributed by atoms with van der Waals surface area (Å²) >= 11 is 6.17. The van der Waals surface area contributed by atoms with Gasteiger partial charge in [0, 0.05) is 17.3 Å². The molecule has 2 N–H and O–H groups in total. The second-order valence-corrected chi connectivity index (χ2v) is 6.97. The van der Waals surface area contributed by atoms with Gasteiger partial charge in [-0.3, -0.25) is 4.99 Å². The lowest BCUT2D eigenvalue weighted by molar-refractivity contribution is 0.0778. The number of hydrogen-bond donors (Lipinski definition) is 2. The van der Waals surface area contributed by atoms with Gasteiger partial charge in [0.15, 0.2) is 0 Å². The van der Waals surface area contributed by atoms with Crippen molar-refractivity contribution in [3.05, 3.63) is 64.7 Å². The minimum absolute atomic E-state index is 0.00895. The summed E-state index contributed by atoms with van der Waals surface area (Å²) in [5, 5.41) is 10.5. The minimum atomic E-state index is -0.253. The van der Waals surface area contributed by atoms with E-state index in [1.54, 1.807) is 0 Å². The van der Waals surface area contributed by atoms with E-state index >= 15 is 0 Å². The molecule has 0 amide bonds. The van der Waals surface area contributed by atoms with Crippen molar-refractivity contribution < 1.29 is 5.21 Å². The highest BCUT2D eigenvalue weighted by Crippen LogP contribution is 2.50. The number of aliphatic imine (C=N–C) groups is 1. The predicted octanol–water partition coefficient (Wildman–Crippen LogP) is 4.61. The van der Waals surface area contributed by atoms with Gasteiger partial charge in [0.2, 0.25) is 0 Å². The summed E-state index contributed by atoms with van der Waals surface area (Å²) in [6, 6.07) is 16.3. The minimum Gasteiger partial charge on any atom is -0.317 e. The maximum atomic E-state index is 9.71. The molecule has 2 aliphatic rings. The van der Waals surface area contributed by atoms with E-state index in [0.717, 1.165) is 30.0 Å². The molecule has 0 bridgehead atoms. The molecule has 1 aliphatic heterocycles. The smallest absolute Gasteiger partial charge is 0.0668 e. The first-order valence-electron chi connectivity index (χ1n) is 8.03. The van der Waals surface area contributed by atoms with E-state index in [1.165, 1.54) is 11.1 Å². The highest BCUT2D eigenvalue weighted by molar-refractivity contribution is 6.30. The number of hydroxylamine groups is 1. The molecule has 0 radical (unpaired) electrons. The van der Waals surface area contributed by atoms with Crippen molar-refractivity contribution in [1.29, 1.82) is 0 Å². The second kappa shape index (κ2) is 5.75. The van der Waals surface area contributed by atoms with Crippen molar-refractivity contribution in [2.75, 3.05) is 0 Å². The Morgan fingerprint density at radius 3 is 2.83 bits per heavy atom. The van der Waals surface area contributed by atoms with Crippen LogP contribution in [0.5, 0.6) is 0 Å². The molecule has 0 aromatic heterocycles. The quantitative estimate of drug-likeness (QED) is 0.792. The Labute approximate surface area is 141 Å². The maximum Gasteiger partial charge on any atom is 0.0668 e. The number of halogens is 1. The number of benzene rings is 2. The van der Waals surface area contributed by atoms with Crippen LogP contribution < -0.4 is 5.48 Å². The van der Waals surface area contributed by atoms with Crippen molar-refractivity contribution in [3.8, 4) is 0 Å². The van der Waals surface area contributed by atoms with Crippen LogP contribution in [-0.4, -0.2) is 17.5 Å². The van der Waals surface area contributed by atoms with E-state index in [9.17, 15) is 5.21 Å². The molecule has 2 aromatic carbocycles. The first kappa shape index (κ1) is 14.9. The van der Waals surface area contributed by atoms with E-state index < -0.39 is 0 Å². The zero-order valence-corrected chi connectivity index (χ0v) is 13.5. The Bertz CT molecular complexity index is 761. The lowest BCUT2D eigenvalue weighted by Gasteiger charge is -2.43. The van der Waals surface area contributed by atoms with Crippen LogP contribution in [0.1, 0.15) is 36.3 Å². The van der Waals surface area contributed by atoms with E-state index in [2.05, 4.69) is 28.7 Å². The van der Waals surface area contributed by atoms with Crippen LogP contribution in [-0.2, 0) is 5.41 Å². The first-order chi connectivity index (χ1) is 11.2. The van der Waals surface area contributed by atoms with Crippen LogP contribution in [0.4, 0.5) is 5.69 Å². The van der Waals surface area contributed by atoms with Crippen molar-refractivity contribution >= 4 is 23.5 Å².